The molecule has 11 heteroatoms. The van der Waals surface area contributed by atoms with Crippen molar-refractivity contribution in [3.05, 3.63) is 53.5 Å². The van der Waals surface area contributed by atoms with E-state index < -0.39 is 0 Å². The van der Waals surface area contributed by atoms with Crippen molar-refractivity contribution in [1.29, 1.82) is 0 Å². The molecule has 1 saturated heterocycles. The molecule has 0 spiro atoms. The molecule has 0 amide bonds. The summed E-state index contributed by atoms with van der Waals surface area (Å²) in [7, 11) is 5.75. The maximum atomic E-state index is 12.6. The van der Waals surface area contributed by atoms with Gasteiger partial charge in [-0.25, -0.2) is 29.7 Å². The van der Waals surface area contributed by atoms with Gasteiger partial charge in [-0.15, -0.1) is 0 Å². The van der Waals surface area contributed by atoms with Gasteiger partial charge in [-0.1, -0.05) is 12.1 Å². The van der Waals surface area contributed by atoms with Crippen molar-refractivity contribution in [3.8, 4) is 11.4 Å². The third-order valence-corrected chi connectivity index (χ3v) is 6.69. The number of benzene rings is 1. The van der Waals surface area contributed by atoms with E-state index in [0.717, 1.165) is 65.3 Å². The molecule has 0 saturated carbocycles. The molecule has 0 bridgehead atoms. The van der Waals surface area contributed by atoms with Crippen LogP contribution in [0, 0.1) is 0 Å². The number of fused-ring (bicyclic) bond motifs is 2. The van der Waals surface area contributed by atoms with Gasteiger partial charge in [0.2, 0.25) is 5.95 Å². The molecule has 0 atom stereocenters. The molecule has 0 unspecified atom stereocenters. The van der Waals surface area contributed by atoms with Gasteiger partial charge in [0.15, 0.2) is 17.0 Å². The number of anilines is 2. The van der Waals surface area contributed by atoms with Crippen molar-refractivity contribution < 1.29 is 0 Å². The van der Waals surface area contributed by atoms with Gasteiger partial charge >= 0.3 is 5.69 Å². The van der Waals surface area contributed by atoms with Crippen LogP contribution in [0.3, 0.4) is 0 Å². The normalized spacial score (nSPS) is 14.8. The third kappa shape index (κ3) is 3.50. The summed E-state index contributed by atoms with van der Waals surface area (Å²) in [5.41, 5.74) is 4.12. The first-order valence-electron chi connectivity index (χ1n) is 11.6. The smallest absolute Gasteiger partial charge is 0.326 e. The number of rotatable bonds is 4. The molecule has 11 nitrogen and oxygen atoms in total. The predicted molar refractivity (Wildman–Crippen MR) is 135 cm³/mol. The lowest BCUT2D eigenvalue weighted by molar-refractivity contribution is 0.395. The Morgan fingerprint density at radius 1 is 1.03 bits per heavy atom. The lowest BCUT2D eigenvalue weighted by Gasteiger charge is -2.33. The summed E-state index contributed by atoms with van der Waals surface area (Å²) in [5, 5.41) is 0. The zero-order valence-electron chi connectivity index (χ0n) is 19.9. The second-order valence-corrected chi connectivity index (χ2v) is 9.07. The van der Waals surface area contributed by atoms with Crippen LogP contribution < -0.4 is 15.5 Å². The molecule has 1 N–H and O–H groups in total. The van der Waals surface area contributed by atoms with Crippen LogP contribution in [0.4, 0.5) is 11.8 Å². The highest BCUT2D eigenvalue weighted by molar-refractivity contribution is 5.86. The molecule has 1 fully saturated rings. The summed E-state index contributed by atoms with van der Waals surface area (Å²) >= 11 is 0. The highest BCUT2D eigenvalue weighted by Gasteiger charge is 2.26. The Bertz CT molecular complexity index is 1570. The molecule has 6 rings (SSSR count). The zero-order chi connectivity index (χ0) is 24.1. The van der Waals surface area contributed by atoms with Crippen LogP contribution in [-0.2, 0) is 7.05 Å². The highest BCUT2D eigenvalue weighted by Crippen LogP contribution is 2.31. The van der Waals surface area contributed by atoms with E-state index in [9.17, 15) is 4.79 Å². The Hall–Kier alpha value is -4.28. The van der Waals surface area contributed by atoms with Gasteiger partial charge in [-0.05, 0) is 25.0 Å². The number of piperidine rings is 1. The number of aromatic nitrogens is 8. The van der Waals surface area contributed by atoms with E-state index in [0.29, 0.717) is 5.95 Å². The van der Waals surface area contributed by atoms with E-state index in [2.05, 4.69) is 29.8 Å². The van der Waals surface area contributed by atoms with Gasteiger partial charge in [0, 0.05) is 52.7 Å². The van der Waals surface area contributed by atoms with Crippen LogP contribution in [0.25, 0.3) is 33.6 Å². The number of aryl methyl sites for hydroxylation is 1. The molecule has 5 heterocycles. The number of nitrogens with zero attached hydrogens (tertiary/aromatic N) is 9. The molecule has 0 aliphatic carbocycles. The standard InChI is InChI=1S/C24H26N10O/c1-31(2)23-25-12-15(13-26-23)20-30-19-21(32(20)3)27-14-28-22(19)33-10-8-16(9-11-33)34-18-7-5-4-6-17(18)29-24(34)35/h4-7,12-14,16H,8-11H2,1-3H3,(H,29,35). The number of imidazole rings is 2. The number of hydrogen-bond donors (Lipinski definition) is 1. The minimum absolute atomic E-state index is 0.0500. The summed E-state index contributed by atoms with van der Waals surface area (Å²) in [6.07, 6.45) is 6.83. The minimum Gasteiger partial charge on any atom is -0.355 e. The van der Waals surface area contributed by atoms with E-state index in [1.165, 1.54) is 0 Å². The monoisotopic (exact) mass is 470 g/mol. The van der Waals surface area contributed by atoms with Crippen LogP contribution in [0.1, 0.15) is 18.9 Å². The zero-order valence-corrected chi connectivity index (χ0v) is 19.9. The van der Waals surface area contributed by atoms with E-state index in [-0.39, 0.29) is 11.7 Å². The number of para-hydroxylation sites is 2. The van der Waals surface area contributed by atoms with Crippen molar-refractivity contribution in [2.45, 2.75) is 18.9 Å². The topological polar surface area (TPSA) is 114 Å². The van der Waals surface area contributed by atoms with Crippen molar-refractivity contribution in [2.75, 3.05) is 37.0 Å². The second-order valence-electron chi connectivity index (χ2n) is 9.07. The molecular formula is C24H26N10O. The average Bonchev–Trinajstić information content (AvgIpc) is 3.40. The fourth-order valence-electron chi connectivity index (χ4n) is 4.92. The number of hydrogen-bond acceptors (Lipinski definition) is 8. The molecule has 35 heavy (non-hydrogen) atoms. The van der Waals surface area contributed by atoms with Crippen LogP contribution >= 0.6 is 0 Å². The van der Waals surface area contributed by atoms with E-state index in [1.807, 2.05) is 59.4 Å². The second kappa shape index (κ2) is 8.19. The quantitative estimate of drug-likeness (QED) is 0.426. The van der Waals surface area contributed by atoms with Crippen molar-refractivity contribution in [1.82, 2.24) is 39.0 Å². The van der Waals surface area contributed by atoms with Crippen molar-refractivity contribution in [2.24, 2.45) is 7.05 Å². The molecule has 4 aromatic heterocycles. The molecule has 0 radical (unpaired) electrons. The maximum absolute atomic E-state index is 12.6. The molecule has 5 aromatic rings. The first kappa shape index (κ1) is 21.3. The summed E-state index contributed by atoms with van der Waals surface area (Å²) < 4.78 is 3.85. The first-order chi connectivity index (χ1) is 17.0. The number of H-pyrrole nitrogens is 1. The molecule has 178 valence electrons. The average molecular weight is 471 g/mol. The van der Waals surface area contributed by atoms with Gasteiger partial charge in [0.05, 0.1) is 16.6 Å². The van der Waals surface area contributed by atoms with Gasteiger partial charge in [0.1, 0.15) is 12.2 Å². The van der Waals surface area contributed by atoms with E-state index in [4.69, 9.17) is 4.98 Å². The molecular weight excluding hydrogens is 444 g/mol. The van der Waals surface area contributed by atoms with Crippen molar-refractivity contribution >= 4 is 34.0 Å². The SMILES string of the molecule is CN(C)c1ncc(-c2nc3c(N4CCC(n5c(=O)[nH]c6ccccc65)CC4)ncnc3n2C)cn1. The Morgan fingerprint density at radius 3 is 2.51 bits per heavy atom. The fourth-order valence-corrected chi connectivity index (χ4v) is 4.92. The third-order valence-electron chi connectivity index (χ3n) is 6.69. The Balaban J connectivity index is 1.29. The largest absolute Gasteiger partial charge is 0.355 e. The van der Waals surface area contributed by atoms with Crippen LogP contribution in [0.15, 0.2) is 47.8 Å². The minimum atomic E-state index is -0.0500. The highest BCUT2D eigenvalue weighted by atomic mass is 16.1. The fraction of sp³-hybridized carbons (Fsp3) is 0.333. The molecule has 1 aromatic carbocycles. The van der Waals surface area contributed by atoms with E-state index >= 15 is 0 Å². The summed E-state index contributed by atoms with van der Waals surface area (Å²) in [6, 6.07) is 7.99. The molecule has 1 aliphatic rings. The maximum Gasteiger partial charge on any atom is 0.326 e. The summed E-state index contributed by atoms with van der Waals surface area (Å²) in [6.45, 7) is 1.55. The lowest BCUT2D eigenvalue weighted by atomic mass is 10.0. The van der Waals surface area contributed by atoms with E-state index in [1.54, 1.807) is 18.7 Å². The number of aromatic amines is 1. The lowest BCUT2D eigenvalue weighted by Crippen LogP contribution is -2.37. The molecule has 1 aliphatic heterocycles. The van der Waals surface area contributed by atoms with Crippen LogP contribution in [0.2, 0.25) is 0 Å². The number of nitrogens with one attached hydrogen (secondary N) is 1. The Labute approximate surface area is 201 Å². The Morgan fingerprint density at radius 2 is 1.77 bits per heavy atom. The summed E-state index contributed by atoms with van der Waals surface area (Å²) in [5.74, 6) is 2.20. The Kier molecular flexibility index (Phi) is 4.97. The van der Waals surface area contributed by atoms with Gasteiger partial charge in [-0.2, -0.15) is 0 Å². The first-order valence-corrected chi connectivity index (χ1v) is 11.6. The summed E-state index contributed by atoms with van der Waals surface area (Å²) in [4.78, 5) is 42.6. The van der Waals surface area contributed by atoms with Crippen LogP contribution in [-0.4, -0.2) is 66.2 Å². The van der Waals surface area contributed by atoms with Gasteiger partial charge in [0.25, 0.3) is 0 Å². The van der Waals surface area contributed by atoms with Gasteiger partial charge < -0.3 is 19.4 Å². The van der Waals surface area contributed by atoms with Crippen LogP contribution in [0.5, 0.6) is 0 Å². The van der Waals surface area contributed by atoms with Crippen molar-refractivity contribution in [3.63, 3.8) is 0 Å². The van der Waals surface area contributed by atoms with Gasteiger partial charge in [-0.3, -0.25) is 4.57 Å². The predicted octanol–water partition coefficient (Wildman–Crippen LogP) is 2.37.